The highest BCUT2D eigenvalue weighted by Crippen LogP contribution is 2.21. The fraction of sp³-hybridized carbons (Fsp3) is 0.0833. The van der Waals surface area contributed by atoms with Gasteiger partial charge in [0.05, 0.1) is 18.9 Å². The van der Waals surface area contributed by atoms with Gasteiger partial charge in [0.1, 0.15) is 11.8 Å². The second-order valence-corrected chi connectivity index (χ2v) is 3.26. The van der Waals surface area contributed by atoms with Crippen LogP contribution < -0.4 is 10.1 Å². The summed E-state index contributed by atoms with van der Waals surface area (Å²) < 4.78 is 5.11. The fourth-order valence-electron chi connectivity index (χ4n) is 1.35. The molecular weight excluding hydrogens is 216 g/mol. The van der Waals surface area contributed by atoms with Gasteiger partial charge in [0.25, 0.3) is 0 Å². The molecule has 5 heteroatoms. The molecule has 5 nitrogen and oxygen atoms in total. The minimum Gasteiger partial charge on any atom is -0.497 e. The Bertz CT molecular complexity index is 562. The first-order chi connectivity index (χ1) is 8.33. The lowest BCUT2D eigenvalue weighted by atomic mass is 10.2. The SMILES string of the molecule is COc1cccc(Nc2nnccc2C#N)c1. The average Bonchev–Trinajstić information content (AvgIpc) is 2.39. The number of benzene rings is 1. The van der Waals surface area contributed by atoms with Crippen molar-refractivity contribution in [3.63, 3.8) is 0 Å². The molecule has 0 saturated carbocycles. The zero-order valence-corrected chi connectivity index (χ0v) is 9.21. The van der Waals surface area contributed by atoms with Crippen LogP contribution in [0.15, 0.2) is 36.5 Å². The summed E-state index contributed by atoms with van der Waals surface area (Å²) in [4.78, 5) is 0. The van der Waals surface area contributed by atoms with Crippen molar-refractivity contribution in [2.75, 3.05) is 12.4 Å². The molecule has 1 aromatic carbocycles. The predicted molar refractivity (Wildman–Crippen MR) is 63.0 cm³/mol. The third-order valence-corrected chi connectivity index (χ3v) is 2.17. The van der Waals surface area contributed by atoms with Gasteiger partial charge in [-0.15, -0.1) is 5.10 Å². The highest BCUT2D eigenvalue weighted by Gasteiger charge is 2.04. The van der Waals surface area contributed by atoms with Crippen molar-refractivity contribution < 1.29 is 4.74 Å². The molecular formula is C12H10N4O. The van der Waals surface area contributed by atoms with E-state index in [9.17, 15) is 0 Å². The first-order valence-electron chi connectivity index (χ1n) is 4.96. The molecule has 0 fully saturated rings. The Morgan fingerprint density at radius 3 is 3.00 bits per heavy atom. The van der Waals surface area contributed by atoms with E-state index in [4.69, 9.17) is 10.00 Å². The minimum atomic E-state index is 0.434. The average molecular weight is 226 g/mol. The van der Waals surface area contributed by atoms with Crippen molar-refractivity contribution in [1.29, 1.82) is 5.26 Å². The van der Waals surface area contributed by atoms with Crippen LogP contribution in [0.2, 0.25) is 0 Å². The van der Waals surface area contributed by atoms with Gasteiger partial charge in [-0.2, -0.15) is 10.4 Å². The Balaban J connectivity index is 2.28. The van der Waals surface area contributed by atoms with E-state index in [-0.39, 0.29) is 0 Å². The Morgan fingerprint density at radius 2 is 2.24 bits per heavy atom. The molecule has 0 aliphatic rings. The smallest absolute Gasteiger partial charge is 0.171 e. The molecule has 0 unspecified atom stereocenters. The number of methoxy groups -OCH3 is 1. The summed E-state index contributed by atoms with van der Waals surface area (Å²) >= 11 is 0. The molecule has 0 radical (unpaired) electrons. The maximum atomic E-state index is 8.91. The van der Waals surface area contributed by atoms with Crippen LogP contribution in [0.5, 0.6) is 5.75 Å². The van der Waals surface area contributed by atoms with E-state index in [0.29, 0.717) is 11.4 Å². The van der Waals surface area contributed by atoms with Crippen LogP contribution >= 0.6 is 0 Å². The van der Waals surface area contributed by atoms with Crippen LogP contribution in [0.25, 0.3) is 0 Å². The molecule has 0 spiro atoms. The summed E-state index contributed by atoms with van der Waals surface area (Å²) in [5.74, 6) is 1.17. The number of rotatable bonds is 3. The van der Waals surface area contributed by atoms with Crippen molar-refractivity contribution in [3.05, 3.63) is 42.1 Å². The summed E-state index contributed by atoms with van der Waals surface area (Å²) in [5, 5.41) is 19.5. The molecule has 84 valence electrons. The van der Waals surface area contributed by atoms with E-state index in [2.05, 4.69) is 15.5 Å². The maximum absolute atomic E-state index is 8.91. The normalized spacial score (nSPS) is 9.41. The van der Waals surface area contributed by atoms with E-state index < -0.39 is 0 Å². The third-order valence-electron chi connectivity index (χ3n) is 2.17. The number of anilines is 2. The van der Waals surface area contributed by atoms with Gasteiger partial charge in [0.2, 0.25) is 0 Å². The molecule has 1 heterocycles. The van der Waals surface area contributed by atoms with E-state index >= 15 is 0 Å². The first kappa shape index (κ1) is 10.9. The van der Waals surface area contributed by atoms with Crippen LogP contribution in [-0.2, 0) is 0 Å². The number of hydrogen-bond acceptors (Lipinski definition) is 5. The topological polar surface area (TPSA) is 70.8 Å². The molecule has 17 heavy (non-hydrogen) atoms. The molecule has 1 aromatic heterocycles. The van der Waals surface area contributed by atoms with Gasteiger partial charge in [-0.3, -0.25) is 0 Å². The van der Waals surface area contributed by atoms with Gasteiger partial charge in [-0.25, -0.2) is 0 Å². The van der Waals surface area contributed by atoms with Gasteiger partial charge in [0, 0.05) is 11.8 Å². The second kappa shape index (κ2) is 4.94. The Hall–Kier alpha value is -2.61. The van der Waals surface area contributed by atoms with Crippen LogP contribution in [-0.4, -0.2) is 17.3 Å². The monoisotopic (exact) mass is 226 g/mol. The minimum absolute atomic E-state index is 0.434. The Morgan fingerprint density at radius 1 is 1.35 bits per heavy atom. The lowest BCUT2D eigenvalue weighted by Gasteiger charge is -2.07. The highest BCUT2D eigenvalue weighted by molar-refractivity contribution is 5.62. The molecule has 2 aromatic rings. The highest BCUT2D eigenvalue weighted by atomic mass is 16.5. The number of nitrogens with zero attached hydrogens (tertiary/aromatic N) is 3. The van der Waals surface area contributed by atoms with Crippen LogP contribution in [0.3, 0.4) is 0 Å². The molecule has 0 atom stereocenters. The maximum Gasteiger partial charge on any atom is 0.171 e. The van der Waals surface area contributed by atoms with Crippen molar-refractivity contribution in [2.24, 2.45) is 0 Å². The lowest BCUT2D eigenvalue weighted by Crippen LogP contribution is -1.98. The second-order valence-electron chi connectivity index (χ2n) is 3.26. The van der Waals surface area contributed by atoms with Gasteiger partial charge in [-0.1, -0.05) is 6.07 Å². The van der Waals surface area contributed by atoms with Crippen molar-refractivity contribution in [1.82, 2.24) is 10.2 Å². The lowest BCUT2D eigenvalue weighted by molar-refractivity contribution is 0.415. The summed E-state index contributed by atoms with van der Waals surface area (Å²) in [5.41, 5.74) is 1.24. The van der Waals surface area contributed by atoms with Crippen LogP contribution in [0, 0.1) is 11.3 Å². The summed E-state index contributed by atoms with van der Waals surface area (Å²) in [6, 6.07) is 11.0. The number of nitriles is 1. The molecule has 1 N–H and O–H groups in total. The Labute approximate surface area is 98.7 Å². The van der Waals surface area contributed by atoms with Gasteiger partial charge in [-0.05, 0) is 18.2 Å². The zero-order valence-electron chi connectivity index (χ0n) is 9.21. The molecule has 0 saturated heterocycles. The number of ether oxygens (including phenoxy) is 1. The number of hydrogen-bond donors (Lipinski definition) is 1. The molecule has 0 amide bonds. The predicted octanol–water partition coefficient (Wildman–Crippen LogP) is 2.10. The largest absolute Gasteiger partial charge is 0.497 e. The van der Waals surface area contributed by atoms with Gasteiger partial charge >= 0.3 is 0 Å². The molecule has 0 aliphatic heterocycles. The molecule has 0 bridgehead atoms. The summed E-state index contributed by atoms with van der Waals surface area (Å²) in [7, 11) is 1.60. The van der Waals surface area contributed by atoms with Gasteiger partial charge < -0.3 is 10.1 Å². The number of nitrogens with one attached hydrogen (secondary N) is 1. The van der Waals surface area contributed by atoms with Crippen LogP contribution in [0.1, 0.15) is 5.56 Å². The van der Waals surface area contributed by atoms with Crippen LogP contribution in [0.4, 0.5) is 11.5 Å². The first-order valence-corrected chi connectivity index (χ1v) is 4.96. The van der Waals surface area contributed by atoms with E-state index in [1.54, 1.807) is 13.2 Å². The summed E-state index contributed by atoms with van der Waals surface area (Å²) in [6.45, 7) is 0. The van der Waals surface area contributed by atoms with E-state index in [1.807, 2.05) is 30.3 Å². The van der Waals surface area contributed by atoms with Gasteiger partial charge in [0.15, 0.2) is 5.82 Å². The quantitative estimate of drug-likeness (QED) is 0.867. The van der Waals surface area contributed by atoms with E-state index in [0.717, 1.165) is 11.4 Å². The standard InChI is InChI=1S/C12H10N4O/c1-17-11-4-2-3-10(7-11)15-12-9(8-13)5-6-14-16-12/h2-7H,1H3,(H,15,16). The van der Waals surface area contributed by atoms with Crippen molar-refractivity contribution in [3.8, 4) is 11.8 Å². The molecule has 2 rings (SSSR count). The third kappa shape index (κ3) is 2.49. The Kier molecular flexibility index (Phi) is 3.17. The van der Waals surface area contributed by atoms with Crippen molar-refractivity contribution in [2.45, 2.75) is 0 Å². The molecule has 0 aliphatic carbocycles. The fourth-order valence-corrected chi connectivity index (χ4v) is 1.35. The summed E-state index contributed by atoms with van der Waals surface area (Å²) in [6.07, 6.45) is 1.48. The zero-order chi connectivity index (χ0) is 12.1. The number of aromatic nitrogens is 2. The van der Waals surface area contributed by atoms with E-state index in [1.165, 1.54) is 6.20 Å². The van der Waals surface area contributed by atoms with Crippen molar-refractivity contribution >= 4 is 11.5 Å².